The maximum absolute atomic E-state index is 13.3. The van der Waals surface area contributed by atoms with Gasteiger partial charge in [-0.3, -0.25) is 9.59 Å². The average molecular weight is 324 g/mol. The highest BCUT2D eigenvalue weighted by atomic mass is 32.2. The Balaban J connectivity index is 1.85. The Morgan fingerprint density at radius 3 is 2.68 bits per heavy atom. The van der Waals surface area contributed by atoms with Crippen molar-refractivity contribution in [1.29, 1.82) is 0 Å². The van der Waals surface area contributed by atoms with Crippen LogP contribution in [0.3, 0.4) is 0 Å². The van der Waals surface area contributed by atoms with Crippen molar-refractivity contribution in [3.8, 4) is 0 Å². The zero-order chi connectivity index (χ0) is 15.9. The number of thioether (sulfide) groups is 1. The fraction of sp³-hybridized carbons (Fsp3) is 0.231. The van der Waals surface area contributed by atoms with Gasteiger partial charge in [0.15, 0.2) is 16.8 Å². The van der Waals surface area contributed by atoms with Crippen molar-refractivity contribution in [2.45, 2.75) is 16.8 Å². The fourth-order valence-corrected chi connectivity index (χ4v) is 3.09. The van der Waals surface area contributed by atoms with Crippen LogP contribution < -0.4 is 4.90 Å². The molecule has 6 nitrogen and oxygen atoms in total. The van der Waals surface area contributed by atoms with Crippen LogP contribution in [0, 0.1) is 11.6 Å². The zero-order valence-electron chi connectivity index (χ0n) is 11.4. The van der Waals surface area contributed by atoms with Gasteiger partial charge in [-0.2, -0.15) is 0 Å². The molecule has 0 bridgehead atoms. The molecule has 3 rings (SSSR count). The number of hydrogen-bond donors (Lipinski definition) is 0. The molecule has 1 aliphatic heterocycles. The average Bonchev–Trinajstić information content (AvgIpc) is 2.99. The first-order valence-corrected chi connectivity index (χ1v) is 7.18. The van der Waals surface area contributed by atoms with Crippen molar-refractivity contribution in [2.75, 3.05) is 4.90 Å². The van der Waals surface area contributed by atoms with Crippen LogP contribution in [0.25, 0.3) is 0 Å². The minimum absolute atomic E-state index is 0.0231. The SMILES string of the molecule is Cn1cnnc1SC1CC(=O)N(c2ccc(F)c(F)c2)C1=O. The predicted molar refractivity (Wildman–Crippen MR) is 74.1 cm³/mol. The first-order chi connectivity index (χ1) is 10.5. The first-order valence-electron chi connectivity index (χ1n) is 6.30. The van der Waals surface area contributed by atoms with Crippen molar-refractivity contribution in [3.05, 3.63) is 36.2 Å². The van der Waals surface area contributed by atoms with E-state index in [1.165, 1.54) is 12.4 Å². The monoisotopic (exact) mass is 324 g/mol. The highest BCUT2D eigenvalue weighted by Gasteiger charge is 2.41. The normalized spacial score (nSPS) is 18.3. The van der Waals surface area contributed by atoms with Gasteiger partial charge in [0.2, 0.25) is 11.8 Å². The van der Waals surface area contributed by atoms with Gasteiger partial charge in [-0.05, 0) is 12.1 Å². The van der Waals surface area contributed by atoms with E-state index < -0.39 is 28.7 Å². The second kappa shape index (κ2) is 5.48. The fourth-order valence-electron chi connectivity index (χ4n) is 2.10. The Kier molecular flexibility index (Phi) is 3.65. The van der Waals surface area contributed by atoms with E-state index in [-0.39, 0.29) is 12.1 Å². The number of carbonyl (C=O) groups excluding carboxylic acids is 2. The molecule has 22 heavy (non-hydrogen) atoms. The zero-order valence-corrected chi connectivity index (χ0v) is 12.2. The maximum Gasteiger partial charge on any atom is 0.247 e. The second-order valence-corrected chi connectivity index (χ2v) is 5.87. The summed E-state index contributed by atoms with van der Waals surface area (Å²) in [6, 6.07) is 2.92. The van der Waals surface area contributed by atoms with E-state index in [4.69, 9.17) is 0 Å². The molecule has 2 heterocycles. The Morgan fingerprint density at radius 2 is 2.05 bits per heavy atom. The van der Waals surface area contributed by atoms with Gasteiger partial charge in [0.25, 0.3) is 0 Å². The van der Waals surface area contributed by atoms with Gasteiger partial charge in [-0.15, -0.1) is 10.2 Å². The van der Waals surface area contributed by atoms with Crippen molar-refractivity contribution < 1.29 is 18.4 Å². The van der Waals surface area contributed by atoms with Crippen LogP contribution in [0.1, 0.15) is 6.42 Å². The van der Waals surface area contributed by atoms with Crippen LogP contribution in [0.15, 0.2) is 29.7 Å². The maximum atomic E-state index is 13.3. The van der Waals surface area contributed by atoms with E-state index in [2.05, 4.69) is 10.2 Å². The summed E-state index contributed by atoms with van der Waals surface area (Å²) in [6.45, 7) is 0. The number of aromatic nitrogens is 3. The Bertz CT molecular complexity index is 764. The largest absolute Gasteiger partial charge is 0.312 e. The van der Waals surface area contributed by atoms with Gasteiger partial charge in [0, 0.05) is 19.5 Å². The highest BCUT2D eigenvalue weighted by Crippen LogP contribution is 2.33. The van der Waals surface area contributed by atoms with Crippen molar-refractivity contribution in [1.82, 2.24) is 14.8 Å². The minimum Gasteiger partial charge on any atom is -0.312 e. The molecule has 114 valence electrons. The van der Waals surface area contributed by atoms with E-state index in [9.17, 15) is 18.4 Å². The van der Waals surface area contributed by atoms with Gasteiger partial charge in [0.05, 0.1) is 5.69 Å². The Labute approximate surface area is 128 Å². The van der Waals surface area contributed by atoms with Gasteiger partial charge in [-0.25, -0.2) is 13.7 Å². The smallest absolute Gasteiger partial charge is 0.247 e. The topological polar surface area (TPSA) is 68.1 Å². The standard InChI is InChI=1S/C13H10F2N4O2S/c1-18-6-16-17-13(18)22-10-5-11(20)19(12(10)21)7-2-3-8(14)9(15)4-7/h2-4,6,10H,5H2,1H3. The van der Waals surface area contributed by atoms with Crippen LogP contribution in [0.2, 0.25) is 0 Å². The highest BCUT2D eigenvalue weighted by molar-refractivity contribution is 8.00. The molecular formula is C13H10F2N4O2S. The summed E-state index contributed by atoms with van der Waals surface area (Å²) in [5.41, 5.74) is 0.0231. The molecule has 1 atom stereocenters. The van der Waals surface area contributed by atoms with E-state index >= 15 is 0 Å². The lowest BCUT2D eigenvalue weighted by molar-refractivity contribution is -0.121. The summed E-state index contributed by atoms with van der Waals surface area (Å²) in [7, 11) is 1.72. The molecule has 1 fully saturated rings. The molecule has 1 saturated heterocycles. The molecular weight excluding hydrogens is 314 g/mol. The third kappa shape index (κ3) is 2.47. The van der Waals surface area contributed by atoms with Crippen LogP contribution >= 0.6 is 11.8 Å². The lowest BCUT2D eigenvalue weighted by atomic mass is 10.3. The van der Waals surface area contributed by atoms with E-state index in [0.29, 0.717) is 5.16 Å². The third-order valence-electron chi connectivity index (χ3n) is 3.18. The number of nitrogens with zero attached hydrogens (tertiary/aromatic N) is 4. The van der Waals surface area contributed by atoms with E-state index in [1.54, 1.807) is 11.6 Å². The molecule has 2 aromatic rings. The number of imide groups is 1. The van der Waals surface area contributed by atoms with Gasteiger partial charge in [-0.1, -0.05) is 11.8 Å². The van der Waals surface area contributed by atoms with E-state index in [0.717, 1.165) is 28.8 Å². The molecule has 2 amide bonds. The van der Waals surface area contributed by atoms with Crippen molar-refractivity contribution in [2.24, 2.45) is 7.05 Å². The number of halogens is 2. The summed E-state index contributed by atoms with van der Waals surface area (Å²) in [5.74, 6) is -3.09. The number of carbonyl (C=O) groups is 2. The van der Waals surface area contributed by atoms with E-state index in [1.807, 2.05) is 0 Å². The van der Waals surface area contributed by atoms with Crippen LogP contribution in [-0.4, -0.2) is 31.8 Å². The molecule has 0 spiro atoms. The molecule has 0 radical (unpaired) electrons. The molecule has 0 N–H and O–H groups in total. The van der Waals surface area contributed by atoms with Crippen molar-refractivity contribution >= 4 is 29.3 Å². The first kappa shape index (κ1) is 14.6. The van der Waals surface area contributed by atoms with Crippen LogP contribution in [0.5, 0.6) is 0 Å². The summed E-state index contributed by atoms with van der Waals surface area (Å²) in [6.07, 6.45) is 1.45. The van der Waals surface area contributed by atoms with Crippen LogP contribution in [0.4, 0.5) is 14.5 Å². The lowest BCUT2D eigenvalue weighted by Crippen LogP contribution is -2.31. The summed E-state index contributed by atoms with van der Waals surface area (Å²) in [5, 5.41) is 7.38. The van der Waals surface area contributed by atoms with Gasteiger partial charge < -0.3 is 4.57 Å². The molecule has 1 aromatic carbocycles. The quantitative estimate of drug-likeness (QED) is 0.801. The van der Waals surface area contributed by atoms with Crippen LogP contribution in [-0.2, 0) is 16.6 Å². The third-order valence-corrected chi connectivity index (χ3v) is 4.42. The molecule has 1 aromatic heterocycles. The minimum atomic E-state index is -1.11. The molecule has 1 unspecified atom stereocenters. The summed E-state index contributed by atoms with van der Waals surface area (Å²) >= 11 is 1.11. The number of anilines is 1. The summed E-state index contributed by atoms with van der Waals surface area (Å²) < 4.78 is 27.9. The number of rotatable bonds is 3. The molecule has 0 saturated carbocycles. The summed E-state index contributed by atoms with van der Waals surface area (Å²) in [4.78, 5) is 25.3. The van der Waals surface area contributed by atoms with Gasteiger partial charge in [0.1, 0.15) is 11.6 Å². The Morgan fingerprint density at radius 1 is 1.27 bits per heavy atom. The number of amides is 2. The number of hydrogen-bond acceptors (Lipinski definition) is 5. The molecule has 9 heteroatoms. The lowest BCUT2D eigenvalue weighted by Gasteiger charge is -2.14. The molecule has 1 aliphatic rings. The predicted octanol–water partition coefficient (Wildman–Crippen LogP) is 1.52. The number of benzene rings is 1. The second-order valence-electron chi connectivity index (χ2n) is 4.70. The Hall–Kier alpha value is -2.29. The van der Waals surface area contributed by atoms with Crippen molar-refractivity contribution in [3.63, 3.8) is 0 Å². The molecule has 0 aliphatic carbocycles. The number of aryl methyl sites for hydroxylation is 1. The van der Waals surface area contributed by atoms with Gasteiger partial charge >= 0.3 is 0 Å².